The highest BCUT2D eigenvalue weighted by atomic mass is 19.1. The number of amides is 1. The van der Waals surface area contributed by atoms with Crippen LogP contribution in [0.25, 0.3) is 11.3 Å². The summed E-state index contributed by atoms with van der Waals surface area (Å²) in [6.45, 7) is 4.11. The summed E-state index contributed by atoms with van der Waals surface area (Å²) in [5.41, 5.74) is 6.02. The van der Waals surface area contributed by atoms with Crippen molar-refractivity contribution in [2.24, 2.45) is 0 Å². The number of halogens is 1. The standard InChI is InChI=1S/C35H34FN7O/c1-24-9-14-29(20-32(24)42-35-39-19-16-31(41-35)28-8-5-17-37-21-28)40-34(44)27-12-10-26(11-13-27)33(36)43(30-15-18-38-22-30)23-25-6-3-2-4-7-25/h2-14,16-17,19-21,30,33,38H,15,18,22-23H2,1H3,(H,40,44)(H,39,41,42). The molecule has 8 nitrogen and oxygen atoms in total. The first-order valence-corrected chi connectivity index (χ1v) is 14.7. The van der Waals surface area contributed by atoms with Crippen molar-refractivity contribution in [2.45, 2.75) is 32.2 Å². The van der Waals surface area contributed by atoms with Crippen LogP contribution in [0.1, 0.15) is 39.8 Å². The van der Waals surface area contributed by atoms with Crippen LogP contribution >= 0.6 is 0 Å². The number of aryl methyl sites for hydroxylation is 1. The van der Waals surface area contributed by atoms with E-state index in [1.165, 1.54) is 0 Å². The summed E-state index contributed by atoms with van der Waals surface area (Å²) in [7, 11) is 0. The van der Waals surface area contributed by atoms with E-state index in [2.05, 4.69) is 30.9 Å². The van der Waals surface area contributed by atoms with E-state index < -0.39 is 6.30 Å². The van der Waals surface area contributed by atoms with Crippen LogP contribution in [0.15, 0.2) is 110 Å². The lowest BCUT2D eigenvalue weighted by Crippen LogP contribution is -2.37. The monoisotopic (exact) mass is 587 g/mol. The van der Waals surface area contributed by atoms with Gasteiger partial charge in [0, 0.05) is 65.8 Å². The van der Waals surface area contributed by atoms with Gasteiger partial charge in [-0.1, -0.05) is 48.5 Å². The molecular formula is C35H34FN7O. The summed E-state index contributed by atoms with van der Waals surface area (Å²) in [6.07, 6.45) is 4.76. The lowest BCUT2D eigenvalue weighted by molar-refractivity contribution is 0.0388. The Kier molecular flexibility index (Phi) is 8.95. The molecule has 2 atom stereocenters. The van der Waals surface area contributed by atoms with Gasteiger partial charge < -0.3 is 16.0 Å². The van der Waals surface area contributed by atoms with Gasteiger partial charge in [-0.15, -0.1) is 0 Å². The Bertz CT molecular complexity index is 1690. The number of anilines is 3. The number of nitrogens with zero attached hydrogens (tertiary/aromatic N) is 4. The minimum atomic E-state index is -1.29. The molecule has 0 aliphatic carbocycles. The highest BCUT2D eigenvalue weighted by Gasteiger charge is 2.30. The van der Waals surface area contributed by atoms with Gasteiger partial charge >= 0.3 is 0 Å². The fraction of sp³-hybridized carbons (Fsp3) is 0.200. The van der Waals surface area contributed by atoms with Crippen molar-refractivity contribution in [3.63, 3.8) is 0 Å². The number of hydrogen-bond acceptors (Lipinski definition) is 7. The van der Waals surface area contributed by atoms with E-state index in [9.17, 15) is 4.79 Å². The van der Waals surface area contributed by atoms with Gasteiger partial charge in [0.1, 0.15) is 0 Å². The van der Waals surface area contributed by atoms with E-state index in [4.69, 9.17) is 0 Å². The largest absolute Gasteiger partial charge is 0.324 e. The highest BCUT2D eigenvalue weighted by Crippen LogP contribution is 2.29. The maximum absolute atomic E-state index is 16.0. The van der Waals surface area contributed by atoms with Crippen LogP contribution in [0.2, 0.25) is 0 Å². The summed E-state index contributed by atoms with van der Waals surface area (Å²) in [6, 6.07) is 28.0. The van der Waals surface area contributed by atoms with E-state index in [1.54, 1.807) is 42.9 Å². The Labute approximate surface area is 256 Å². The van der Waals surface area contributed by atoms with Gasteiger partial charge in [-0.3, -0.25) is 14.7 Å². The lowest BCUT2D eigenvalue weighted by Gasteiger charge is -2.32. The molecule has 0 bridgehead atoms. The zero-order valence-electron chi connectivity index (χ0n) is 24.5. The van der Waals surface area contributed by atoms with Crippen molar-refractivity contribution in [2.75, 3.05) is 23.7 Å². The van der Waals surface area contributed by atoms with E-state index >= 15 is 4.39 Å². The third kappa shape index (κ3) is 6.96. The lowest BCUT2D eigenvalue weighted by atomic mass is 10.1. The number of nitrogens with one attached hydrogen (secondary N) is 3. The molecule has 0 saturated carbocycles. The molecule has 2 unspecified atom stereocenters. The first-order chi connectivity index (χ1) is 21.5. The number of rotatable bonds is 10. The predicted molar refractivity (Wildman–Crippen MR) is 171 cm³/mol. The van der Waals surface area contributed by atoms with Crippen molar-refractivity contribution in [3.8, 4) is 11.3 Å². The molecule has 9 heteroatoms. The molecule has 0 spiro atoms. The van der Waals surface area contributed by atoms with Gasteiger partial charge in [0.2, 0.25) is 5.95 Å². The van der Waals surface area contributed by atoms with E-state index in [-0.39, 0.29) is 11.9 Å². The number of alkyl halides is 1. The van der Waals surface area contributed by atoms with Crippen LogP contribution in [0, 0.1) is 6.92 Å². The molecule has 3 aromatic carbocycles. The molecule has 222 valence electrons. The Balaban J connectivity index is 1.13. The third-order valence-corrected chi connectivity index (χ3v) is 7.81. The SMILES string of the molecule is Cc1ccc(NC(=O)c2ccc(C(F)N(Cc3ccccc3)C3CCNC3)cc2)cc1Nc1nccc(-c2cccnc2)n1. The second kappa shape index (κ2) is 13.5. The first-order valence-electron chi connectivity index (χ1n) is 14.7. The second-order valence-corrected chi connectivity index (χ2v) is 10.9. The Morgan fingerprint density at radius 3 is 2.61 bits per heavy atom. The highest BCUT2D eigenvalue weighted by molar-refractivity contribution is 6.04. The van der Waals surface area contributed by atoms with Crippen molar-refractivity contribution in [3.05, 3.63) is 132 Å². The molecule has 5 aromatic rings. The molecule has 1 aliphatic rings. The number of aromatic nitrogens is 3. The van der Waals surface area contributed by atoms with Crippen LogP contribution in [-0.4, -0.2) is 44.9 Å². The topological polar surface area (TPSA) is 95.1 Å². The first kappa shape index (κ1) is 29.1. The van der Waals surface area contributed by atoms with E-state index in [0.29, 0.717) is 29.3 Å². The minimum Gasteiger partial charge on any atom is -0.324 e. The number of carbonyl (C=O) groups excluding carboxylic acids is 1. The maximum atomic E-state index is 16.0. The van der Waals surface area contributed by atoms with Crippen molar-refractivity contribution in [1.82, 2.24) is 25.2 Å². The zero-order chi connectivity index (χ0) is 30.3. The van der Waals surface area contributed by atoms with Crippen LogP contribution in [0.3, 0.4) is 0 Å². The van der Waals surface area contributed by atoms with Gasteiger partial charge in [-0.05, 0) is 73.5 Å². The van der Waals surface area contributed by atoms with Crippen LogP contribution in [-0.2, 0) is 6.54 Å². The summed E-state index contributed by atoms with van der Waals surface area (Å²) in [4.78, 5) is 28.2. The predicted octanol–water partition coefficient (Wildman–Crippen LogP) is 6.68. The second-order valence-electron chi connectivity index (χ2n) is 10.9. The molecule has 3 heterocycles. The number of pyridine rings is 1. The van der Waals surface area contributed by atoms with Gasteiger partial charge in [0.25, 0.3) is 5.91 Å². The van der Waals surface area contributed by atoms with Gasteiger partial charge in [0.05, 0.1) is 5.69 Å². The number of carbonyl (C=O) groups is 1. The fourth-order valence-corrected chi connectivity index (χ4v) is 5.35. The molecule has 1 fully saturated rings. The van der Waals surface area contributed by atoms with Crippen molar-refractivity contribution in [1.29, 1.82) is 0 Å². The molecule has 0 radical (unpaired) electrons. The Morgan fingerprint density at radius 1 is 1.02 bits per heavy atom. The van der Waals surface area contributed by atoms with Crippen molar-refractivity contribution < 1.29 is 9.18 Å². The number of hydrogen-bond donors (Lipinski definition) is 3. The maximum Gasteiger partial charge on any atom is 0.255 e. The Morgan fingerprint density at radius 2 is 1.86 bits per heavy atom. The average Bonchev–Trinajstić information content (AvgIpc) is 3.61. The van der Waals surface area contributed by atoms with Gasteiger partial charge in [0.15, 0.2) is 6.30 Å². The molecule has 2 aromatic heterocycles. The van der Waals surface area contributed by atoms with E-state index in [0.717, 1.165) is 47.6 Å². The normalized spacial score (nSPS) is 15.2. The summed E-state index contributed by atoms with van der Waals surface area (Å²) >= 11 is 0. The molecule has 44 heavy (non-hydrogen) atoms. The molecule has 3 N–H and O–H groups in total. The van der Waals surface area contributed by atoms with Crippen molar-refractivity contribution >= 4 is 23.2 Å². The molecule has 1 aliphatic heterocycles. The van der Waals surface area contributed by atoms with Crippen LogP contribution in [0.5, 0.6) is 0 Å². The fourth-order valence-electron chi connectivity index (χ4n) is 5.35. The minimum absolute atomic E-state index is 0.0979. The molecule has 6 rings (SSSR count). The molecular weight excluding hydrogens is 553 g/mol. The van der Waals surface area contributed by atoms with Crippen LogP contribution < -0.4 is 16.0 Å². The van der Waals surface area contributed by atoms with Gasteiger partial charge in [-0.2, -0.15) is 0 Å². The third-order valence-electron chi connectivity index (χ3n) is 7.81. The Hall–Kier alpha value is -4.99. The summed E-state index contributed by atoms with van der Waals surface area (Å²) < 4.78 is 16.0. The summed E-state index contributed by atoms with van der Waals surface area (Å²) in [5, 5.41) is 9.57. The quantitative estimate of drug-likeness (QED) is 0.157. The zero-order valence-corrected chi connectivity index (χ0v) is 24.5. The smallest absolute Gasteiger partial charge is 0.255 e. The average molecular weight is 588 g/mol. The summed E-state index contributed by atoms with van der Waals surface area (Å²) in [5.74, 6) is 0.154. The van der Waals surface area contributed by atoms with Gasteiger partial charge in [-0.25, -0.2) is 14.4 Å². The molecule has 1 amide bonds. The number of benzene rings is 3. The van der Waals surface area contributed by atoms with E-state index in [1.807, 2.05) is 78.6 Å². The van der Waals surface area contributed by atoms with Crippen LogP contribution in [0.4, 0.5) is 21.7 Å². The molecule has 1 saturated heterocycles.